The van der Waals surface area contributed by atoms with E-state index in [0.29, 0.717) is 0 Å². The number of halogens is 3. The highest BCUT2D eigenvalue weighted by Gasteiger charge is 2.48. The summed E-state index contributed by atoms with van der Waals surface area (Å²) in [6, 6.07) is 0. The molecule has 3 nitrogen and oxygen atoms in total. The number of carbonyl (C=O) groups is 1. The number of aliphatic hydroxyl groups excluding tert-OH is 1. The van der Waals surface area contributed by atoms with Gasteiger partial charge in [-0.2, -0.15) is 13.2 Å². The number of hydrogen-bond donors (Lipinski definition) is 1. The molecule has 82 valence electrons. The molecule has 0 saturated carbocycles. The number of aliphatic hydroxyl groups is 1. The Labute approximate surface area is 78.9 Å². The van der Waals surface area contributed by atoms with Crippen LogP contribution >= 0.6 is 0 Å². The van der Waals surface area contributed by atoms with Gasteiger partial charge in [0.15, 0.2) is 0 Å². The van der Waals surface area contributed by atoms with Crippen molar-refractivity contribution >= 4 is 5.97 Å². The zero-order valence-electron chi connectivity index (χ0n) is 7.54. The first-order valence-electron chi connectivity index (χ1n) is 4.24. The van der Waals surface area contributed by atoms with Gasteiger partial charge in [-0.05, 0) is 0 Å². The maximum Gasteiger partial charge on any atom is 0.392 e. The van der Waals surface area contributed by atoms with Crippen molar-refractivity contribution < 1.29 is 27.8 Å². The van der Waals surface area contributed by atoms with Gasteiger partial charge >= 0.3 is 12.1 Å². The second-order valence-electron chi connectivity index (χ2n) is 3.41. The van der Waals surface area contributed by atoms with Gasteiger partial charge in [0.25, 0.3) is 0 Å². The molecule has 1 heterocycles. The molecular weight excluding hydrogens is 201 g/mol. The number of rotatable bonds is 2. The summed E-state index contributed by atoms with van der Waals surface area (Å²) >= 11 is 0. The molecule has 0 radical (unpaired) electrons. The maximum absolute atomic E-state index is 12.2. The lowest BCUT2D eigenvalue weighted by atomic mass is 9.91. The van der Waals surface area contributed by atoms with E-state index in [0.717, 1.165) is 6.92 Å². The van der Waals surface area contributed by atoms with Crippen molar-refractivity contribution in [2.75, 3.05) is 6.61 Å². The first kappa shape index (κ1) is 11.3. The highest BCUT2D eigenvalue weighted by atomic mass is 19.4. The number of carbonyl (C=O) groups excluding carboxylic acids is 1. The largest absolute Gasteiger partial charge is 0.460 e. The van der Waals surface area contributed by atoms with Gasteiger partial charge in [-0.15, -0.1) is 0 Å². The summed E-state index contributed by atoms with van der Waals surface area (Å²) < 4.78 is 41.3. The van der Waals surface area contributed by atoms with E-state index in [1.54, 1.807) is 0 Å². The molecule has 1 saturated heterocycles. The highest BCUT2D eigenvalue weighted by Crippen LogP contribution is 2.37. The predicted molar refractivity (Wildman–Crippen MR) is 40.3 cm³/mol. The molecule has 1 fully saturated rings. The molecule has 1 aliphatic rings. The number of hydrogen-bond acceptors (Lipinski definition) is 3. The van der Waals surface area contributed by atoms with E-state index in [2.05, 4.69) is 4.74 Å². The number of esters is 1. The topological polar surface area (TPSA) is 46.5 Å². The zero-order chi connectivity index (χ0) is 10.9. The van der Waals surface area contributed by atoms with E-state index in [1.165, 1.54) is 0 Å². The minimum Gasteiger partial charge on any atom is -0.460 e. The van der Waals surface area contributed by atoms with Crippen LogP contribution in [0.4, 0.5) is 13.2 Å². The summed E-state index contributed by atoms with van der Waals surface area (Å²) in [6.45, 7) is 0.526. The van der Waals surface area contributed by atoms with Crippen LogP contribution < -0.4 is 0 Å². The minimum atomic E-state index is -4.39. The molecule has 0 aromatic rings. The van der Waals surface area contributed by atoms with E-state index in [4.69, 9.17) is 5.11 Å². The van der Waals surface area contributed by atoms with Crippen LogP contribution in [-0.4, -0.2) is 30.0 Å². The normalized spacial score (nSPS) is 30.2. The Hall–Kier alpha value is -0.780. The molecule has 0 spiro atoms. The minimum absolute atomic E-state index is 0.0595. The van der Waals surface area contributed by atoms with Crippen molar-refractivity contribution in [1.29, 1.82) is 0 Å². The molecule has 0 amide bonds. The zero-order valence-corrected chi connectivity index (χ0v) is 7.54. The Kier molecular flexibility index (Phi) is 3.04. The smallest absolute Gasteiger partial charge is 0.392 e. The van der Waals surface area contributed by atoms with E-state index < -0.39 is 36.7 Å². The van der Waals surface area contributed by atoms with Gasteiger partial charge in [-0.3, -0.25) is 4.79 Å². The maximum atomic E-state index is 12.2. The lowest BCUT2D eigenvalue weighted by Crippen LogP contribution is -2.30. The summed E-state index contributed by atoms with van der Waals surface area (Å²) in [5, 5.41) is 8.63. The average Bonchev–Trinajstić information content (AvgIpc) is 2.43. The molecule has 14 heavy (non-hydrogen) atoms. The standard InChI is InChI=1S/C8H11F3O3/c1-4(8(9,10)11)6-2-5(3-12)14-7(6)13/h4-6,12H,2-3H2,1H3/t4-,5+,6+/m1/s1. The van der Waals surface area contributed by atoms with Crippen LogP contribution in [0.3, 0.4) is 0 Å². The first-order valence-corrected chi connectivity index (χ1v) is 4.24. The van der Waals surface area contributed by atoms with Crippen LogP contribution in [-0.2, 0) is 9.53 Å². The summed E-state index contributed by atoms with van der Waals surface area (Å²) in [6.07, 6.45) is -5.23. The van der Waals surface area contributed by atoms with Crippen LogP contribution in [0.25, 0.3) is 0 Å². The highest BCUT2D eigenvalue weighted by molar-refractivity contribution is 5.75. The fourth-order valence-electron chi connectivity index (χ4n) is 1.43. The molecule has 0 bridgehead atoms. The Balaban J connectivity index is 2.66. The fraction of sp³-hybridized carbons (Fsp3) is 0.875. The van der Waals surface area contributed by atoms with Crippen molar-refractivity contribution in [3.05, 3.63) is 0 Å². The number of ether oxygens (including phenoxy) is 1. The van der Waals surface area contributed by atoms with Crippen molar-refractivity contribution in [1.82, 2.24) is 0 Å². The third-order valence-electron chi connectivity index (χ3n) is 2.43. The third-order valence-corrected chi connectivity index (χ3v) is 2.43. The average molecular weight is 212 g/mol. The number of alkyl halides is 3. The van der Waals surface area contributed by atoms with Crippen LogP contribution in [0.15, 0.2) is 0 Å². The molecule has 1 N–H and O–H groups in total. The second-order valence-corrected chi connectivity index (χ2v) is 3.41. The third kappa shape index (κ3) is 2.17. The van der Waals surface area contributed by atoms with E-state index in [1.807, 2.05) is 0 Å². The van der Waals surface area contributed by atoms with Gasteiger partial charge in [0.2, 0.25) is 0 Å². The lowest BCUT2D eigenvalue weighted by molar-refractivity contribution is -0.188. The first-order chi connectivity index (χ1) is 6.36. The molecule has 0 unspecified atom stereocenters. The predicted octanol–water partition coefficient (Wildman–Crippen LogP) is 1.11. The molecule has 0 aliphatic carbocycles. The van der Waals surface area contributed by atoms with E-state index in [-0.39, 0.29) is 6.42 Å². The summed E-state index contributed by atoms with van der Waals surface area (Å²) in [5.74, 6) is -3.76. The fourth-order valence-corrected chi connectivity index (χ4v) is 1.43. The summed E-state index contributed by atoms with van der Waals surface area (Å²) in [4.78, 5) is 11.0. The SMILES string of the molecule is C[C@H]([C@@H]1C[C@@H](CO)OC1=O)C(F)(F)F. The Morgan fingerprint density at radius 3 is 2.57 bits per heavy atom. The molecule has 0 aromatic carbocycles. The molecule has 1 rings (SSSR count). The molecule has 3 atom stereocenters. The van der Waals surface area contributed by atoms with Gasteiger partial charge < -0.3 is 9.84 Å². The van der Waals surface area contributed by atoms with Gasteiger partial charge in [-0.1, -0.05) is 6.92 Å². The van der Waals surface area contributed by atoms with Crippen molar-refractivity contribution in [3.63, 3.8) is 0 Å². The molecule has 6 heteroatoms. The number of cyclic esters (lactones) is 1. The van der Waals surface area contributed by atoms with Crippen molar-refractivity contribution in [2.24, 2.45) is 11.8 Å². The molecular formula is C8H11F3O3. The Bertz CT molecular complexity index is 226. The van der Waals surface area contributed by atoms with Gasteiger partial charge in [0.05, 0.1) is 18.4 Å². The van der Waals surface area contributed by atoms with Gasteiger partial charge in [0.1, 0.15) is 6.10 Å². The quantitative estimate of drug-likeness (QED) is 0.697. The monoisotopic (exact) mass is 212 g/mol. The van der Waals surface area contributed by atoms with Crippen LogP contribution in [0, 0.1) is 11.8 Å². The summed E-state index contributed by atoms with van der Waals surface area (Å²) in [5.41, 5.74) is 0. The van der Waals surface area contributed by atoms with Gasteiger partial charge in [0, 0.05) is 6.42 Å². The second kappa shape index (κ2) is 3.76. The Morgan fingerprint density at radius 1 is 1.64 bits per heavy atom. The van der Waals surface area contributed by atoms with Gasteiger partial charge in [-0.25, -0.2) is 0 Å². The molecule has 1 aliphatic heterocycles. The van der Waals surface area contributed by atoms with Crippen LogP contribution in [0.1, 0.15) is 13.3 Å². The molecule has 0 aromatic heterocycles. The van der Waals surface area contributed by atoms with E-state index in [9.17, 15) is 18.0 Å². The van der Waals surface area contributed by atoms with Crippen molar-refractivity contribution in [2.45, 2.75) is 25.6 Å². The van der Waals surface area contributed by atoms with Crippen LogP contribution in [0.2, 0.25) is 0 Å². The van der Waals surface area contributed by atoms with Crippen molar-refractivity contribution in [3.8, 4) is 0 Å². The lowest BCUT2D eigenvalue weighted by Gasteiger charge is -2.18. The van der Waals surface area contributed by atoms with Crippen LogP contribution in [0.5, 0.6) is 0 Å². The van der Waals surface area contributed by atoms with E-state index >= 15 is 0 Å². The summed E-state index contributed by atoms with van der Waals surface area (Å²) in [7, 11) is 0. The Morgan fingerprint density at radius 2 is 2.21 bits per heavy atom.